The third-order valence-corrected chi connectivity index (χ3v) is 9.95. The number of benzene rings is 2. The molecule has 2 aliphatic carbocycles. The number of carbonyl (C=O) groups excluding carboxylic acids is 2. The van der Waals surface area contributed by atoms with Crippen LogP contribution in [-0.4, -0.2) is 85.8 Å². The van der Waals surface area contributed by atoms with Crippen LogP contribution in [0.2, 0.25) is 0 Å². The van der Waals surface area contributed by atoms with Gasteiger partial charge in [-0.25, -0.2) is 4.79 Å². The Kier molecular flexibility index (Phi) is 9.28. The van der Waals surface area contributed by atoms with E-state index >= 15 is 0 Å². The quantitative estimate of drug-likeness (QED) is 0.193. The highest BCUT2D eigenvalue weighted by Crippen LogP contribution is 2.64. The van der Waals surface area contributed by atoms with Gasteiger partial charge in [0.2, 0.25) is 5.91 Å². The number of aliphatic carboxylic acids is 2. The second-order valence-electron chi connectivity index (χ2n) is 13.2. The van der Waals surface area contributed by atoms with Gasteiger partial charge in [0.25, 0.3) is 0 Å². The molecule has 6 rings (SSSR count). The number of hydrogen-bond acceptors (Lipinski definition) is 8. The summed E-state index contributed by atoms with van der Waals surface area (Å²) >= 11 is 0. The molecule has 4 aliphatic rings. The molecule has 2 fully saturated rings. The Balaban J connectivity index is 0.000000182. The molecule has 246 valence electrons. The number of Topliss-reactive ketones (excluding diaryl/α,β-unsaturated/α-hetero) is 1. The van der Waals surface area contributed by atoms with Gasteiger partial charge >= 0.3 is 11.9 Å². The molecule has 11 nitrogen and oxygen atoms in total. The summed E-state index contributed by atoms with van der Waals surface area (Å²) in [7, 11) is 0. The number of piperidine rings is 1. The third kappa shape index (κ3) is 5.66. The molecule has 1 spiro atoms. The van der Waals surface area contributed by atoms with Crippen LogP contribution in [0.5, 0.6) is 11.5 Å². The molecule has 11 heteroatoms. The fourth-order valence-corrected chi connectivity index (χ4v) is 7.90. The first-order valence-electron chi connectivity index (χ1n) is 15.8. The average molecular weight is 635 g/mol. The molecule has 5 N–H and O–H groups in total. The maximum absolute atomic E-state index is 12.6. The van der Waals surface area contributed by atoms with E-state index in [4.69, 9.17) is 9.84 Å². The number of carboxylic acids is 2. The van der Waals surface area contributed by atoms with E-state index in [-0.39, 0.29) is 36.3 Å². The largest absolute Gasteiger partial charge is 0.504 e. The molecule has 2 unspecified atom stereocenters. The van der Waals surface area contributed by atoms with Gasteiger partial charge in [0, 0.05) is 31.1 Å². The van der Waals surface area contributed by atoms with Crippen LogP contribution < -0.4 is 10.1 Å². The van der Waals surface area contributed by atoms with Crippen LogP contribution in [0.4, 0.5) is 0 Å². The van der Waals surface area contributed by atoms with Crippen LogP contribution >= 0.6 is 0 Å². The van der Waals surface area contributed by atoms with Gasteiger partial charge < -0.3 is 30.5 Å². The lowest BCUT2D eigenvalue weighted by Crippen LogP contribution is -2.76. The lowest BCUT2D eigenvalue weighted by molar-refractivity contribution is -0.187. The van der Waals surface area contributed by atoms with Crippen LogP contribution in [0.15, 0.2) is 55.1 Å². The van der Waals surface area contributed by atoms with E-state index in [0.29, 0.717) is 37.0 Å². The topological polar surface area (TPSA) is 174 Å². The van der Waals surface area contributed by atoms with Crippen LogP contribution in [0.1, 0.15) is 56.2 Å². The highest BCUT2D eigenvalue weighted by atomic mass is 16.5. The summed E-state index contributed by atoms with van der Waals surface area (Å²) in [5, 5.41) is 42.8. The van der Waals surface area contributed by atoms with Crippen LogP contribution in [0.3, 0.4) is 0 Å². The standard InChI is InChI=1S/C19H21NO4.C16H21NO5/c1-2-8-20-9-7-18-15-11-3-4-12(21)16(15)24-17(18)13(22)5-6-19(18,23)14(20)10-11;1-10(2)8-13(16(21)22)17-14(18)12(15(19)20)9-11-6-4-3-5-7-11/h2-4,14,17,21,23H,1,5-10H2;3-7,10,12-13H,8-9H2,1-2H3,(H,17,18)(H,19,20)(H,21,22)/t14-,17+,18+,19-;/m1./s1. The molecular weight excluding hydrogens is 592 g/mol. The number of rotatable bonds is 10. The fraction of sp³-hybridized carbons (Fsp3) is 0.486. The van der Waals surface area contributed by atoms with Crippen molar-refractivity contribution in [2.24, 2.45) is 11.8 Å². The lowest BCUT2D eigenvalue weighted by Gasteiger charge is -2.62. The van der Waals surface area contributed by atoms with Crippen molar-refractivity contribution < 1.29 is 44.3 Å². The van der Waals surface area contributed by atoms with Gasteiger partial charge in [-0.3, -0.25) is 19.3 Å². The van der Waals surface area contributed by atoms with Crippen molar-refractivity contribution >= 4 is 23.6 Å². The summed E-state index contributed by atoms with van der Waals surface area (Å²) in [5.74, 6) is -3.92. The normalized spacial score (nSPS) is 26.9. The minimum absolute atomic E-state index is 0.0238. The minimum atomic E-state index is -1.31. The number of amides is 1. The number of likely N-dealkylation sites (tertiary alicyclic amines) is 1. The first-order valence-corrected chi connectivity index (χ1v) is 15.8. The smallest absolute Gasteiger partial charge is 0.326 e. The minimum Gasteiger partial charge on any atom is -0.504 e. The van der Waals surface area contributed by atoms with Crippen molar-refractivity contribution in [3.05, 3.63) is 71.8 Å². The number of carbonyl (C=O) groups is 4. The molecule has 2 heterocycles. The van der Waals surface area contributed by atoms with Crippen LogP contribution in [0, 0.1) is 11.8 Å². The zero-order valence-electron chi connectivity index (χ0n) is 26.1. The zero-order valence-corrected chi connectivity index (χ0v) is 26.1. The second-order valence-corrected chi connectivity index (χ2v) is 13.2. The molecule has 0 radical (unpaired) electrons. The first kappa shape index (κ1) is 33.2. The van der Waals surface area contributed by atoms with Gasteiger partial charge in [0.05, 0.1) is 11.0 Å². The average Bonchev–Trinajstić information content (AvgIpc) is 3.37. The van der Waals surface area contributed by atoms with Gasteiger partial charge in [0.15, 0.2) is 23.4 Å². The Bertz CT molecular complexity index is 1530. The van der Waals surface area contributed by atoms with Crippen LogP contribution in [-0.2, 0) is 37.4 Å². The molecule has 0 aromatic heterocycles. The fourth-order valence-electron chi connectivity index (χ4n) is 7.90. The Labute approximate surface area is 267 Å². The summed E-state index contributed by atoms with van der Waals surface area (Å²) in [5.41, 5.74) is 0.965. The molecular formula is C35H42N2O9. The number of aromatic hydroxyl groups is 1. The van der Waals surface area contributed by atoms with Crippen molar-refractivity contribution in [2.45, 2.75) is 81.6 Å². The van der Waals surface area contributed by atoms with Gasteiger partial charge in [-0.15, -0.1) is 6.58 Å². The first-order chi connectivity index (χ1) is 21.8. The number of nitrogens with one attached hydrogen (secondary N) is 1. The van der Waals surface area contributed by atoms with E-state index in [1.165, 1.54) is 0 Å². The van der Waals surface area contributed by atoms with Crippen LogP contribution in [0.25, 0.3) is 0 Å². The Morgan fingerprint density at radius 1 is 1.11 bits per heavy atom. The SMILES string of the molecule is C=CCN1CC[C@]23c4c5ccc(O)c4O[C@H]2C(=O)CC[C@@]3(O)[C@H]1C5.CC(C)CC(NC(=O)C(Cc1ccccc1)C(=O)O)C(=O)O. The number of hydrogen-bond donors (Lipinski definition) is 5. The molecule has 2 aromatic carbocycles. The number of ketones is 1. The van der Waals surface area contributed by atoms with Gasteiger partial charge in [-0.05, 0) is 55.2 Å². The van der Waals surface area contributed by atoms with E-state index < -0.39 is 46.9 Å². The third-order valence-electron chi connectivity index (χ3n) is 9.95. The summed E-state index contributed by atoms with van der Waals surface area (Å²) < 4.78 is 5.98. The number of aliphatic hydroxyl groups is 1. The van der Waals surface area contributed by atoms with E-state index in [1.54, 1.807) is 36.4 Å². The molecule has 1 saturated carbocycles. The van der Waals surface area contributed by atoms with Gasteiger partial charge in [0.1, 0.15) is 12.0 Å². The number of phenolic OH excluding ortho intramolecular Hbond substituents is 1. The Morgan fingerprint density at radius 2 is 1.83 bits per heavy atom. The van der Waals surface area contributed by atoms with Crippen molar-refractivity contribution in [2.75, 3.05) is 13.1 Å². The molecule has 2 aliphatic heterocycles. The molecule has 2 bridgehead atoms. The maximum atomic E-state index is 12.6. The summed E-state index contributed by atoms with van der Waals surface area (Å²) in [4.78, 5) is 49.5. The molecule has 1 saturated heterocycles. The zero-order chi connectivity index (χ0) is 33.4. The molecule has 1 amide bonds. The van der Waals surface area contributed by atoms with Crippen molar-refractivity contribution in [3.8, 4) is 11.5 Å². The van der Waals surface area contributed by atoms with E-state index in [1.807, 2.05) is 26.0 Å². The van der Waals surface area contributed by atoms with E-state index in [2.05, 4.69) is 16.8 Å². The molecule has 6 atom stereocenters. The van der Waals surface area contributed by atoms with E-state index in [0.717, 1.165) is 24.2 Å². The maximum Gasteiger partial charge on any atom is 0.326 e. The molecule has 2 aromatic rings. The van der Waals surface area contributed by atoms with Crippen molar-refractivity contribution in [1.82, 2.24) is 10.2 Å². The number of carboxylic acid groups (broad SMARTS) is 2. The van der Waals surface area contributed by atoms with E-state index in [9.17, 15) is 34.5 Å². The van der Waals surface area contributed by atoms with Crippen molar-refractivity contribution in [3.63, 3.8) is 0 Å². The monoisotopic (exact) mass is 634 g/mol. The summed E-state index contributed by atoms with van der Waals surface area (Å²) in [6.45, 7) is 9.03. The number of phenols is 1. The lowest BCUT2D eigenvalue weighted by atomic mass is 9.49. The second kappa shape index (κ2) is 12.9. The highest BCUT2D eigenvalue weighted by molar-refractivity contribution is 5.98. The van der Waals surface area contributed by atoms with Crippen molar-refractivity contribution in [1.29, 1.82) is 0 Å². The Morgan fingerprint density at radius 3 is 2.46 bits per heavy atom. The van der Waals surface area contributed by atoms with Gasteiger partial charge in [-0.1, -0.05) is 56.3 Å². The Hall–Kier alpha value is -4.22. The predicted octanol–water partition coefficient (Wildman–Crippen LogP) is 2.85. The molecule has 46 heavy (non-hydrogen) atoms. The predicted molar refractivity (Wildman–Crippen MR) is 168 cm³/mol. The summed E-state index contributed by atoms with van der Waals surface area (Å²) in [6.07, 6.45) is 3.62. The van der Waals surface area contributed by atoms with Gasteiger partial charge in [-0.2, -0.15) is 0 Å². The number of ether oxygens (including phenoxy) is 1. The summed E-state index contributed by atoms with van der Waals surface area (Å²) in [6, 6.07) is 11.2. The number of nitrogens with zero attached hydrogens (tertiary/aromatic N) is 1. The highest BCUT2D eigenvalue weighted by Gasteiger charge is 2.73.